The molecule has 0 radical (unpaired) electrons. The molecule has 3 heterocycles. The molecule has 2 amide bonds. The van der Waals surface area contributed by atoms with Crippen LogP contribution in [0, 0.1) is 6.92 Å². The van der Waals surface area contributed by atoms with Crippen molar-refractivity contribution >= 4 is 40.6 Å². The number of carbonyl (C=O) groups is 2. The van der Waals surface area contributed by atoms with Crippen molar-refractivity contribution in [1.82, 2.24) is 25.1 Å². The van der Waals surface area contributed by atoms with Gasteiger partial charge in [-0.3, -0.25) is 14.2 Å². The number of aryl methyl sites for hydroxylation is 1. The minimum Gasteiger partial charge on any atom is -0.493 e. The number of thioether (sulfide) groups is 1. The van der Waals surface area contributed by atoms with E-state index in [1.807, 2.05) is 102 Å². The molecule has 240 valence electrons. The van der Waals surface area contributed by atoms with Crippen LogP contribution in [0.2, 0.25) is 0 Å². The van der Waals surface area contributed by atoms with Crippen molar-refractivity contribution in [3.63, 3.8) is 0 Å². The molecular formula is C35H34N6O4S2. The number of hydrogen-bond donors (Lipinski definition) is 1. The average molecular weight is 667 g/mol. The lowest BCUT2D eigenvalue weighted by atomic mass is 9.99. The van der Waals surface area contributed by atoms with Gasteiger partial charge in [-0.1, -0.05) is 72.4 Å². The summed E-state index contributed by atoms with van der Waals surface area (Å²) in [7, 11) is 3.19. The van der Waals surface area contributed by atoms with Gasteiger partial charge in [0.25, 0.3) is 5.91 Å². The number of benzene rings is 3. The Morgan fingerprint density at radius 1 is 0.979 bits per heavy atom. The monoisotopic (exact) mass is 666 g/mol. The number of ether oxygens (including phenoxy) is 2. The van der Waals surface area contributed by atoms with E-state index in [2.05, 4.69) is 15.5 Å². The van der Waals surface area contributed by atoms with Gasteiger partial charge >= 0.3 is 0 Å². The molecule has 0 fully saturated rings. The van der Waals surface area contributed by atoms with Crippen molar-refractivity contribution in [1.29, 1.82) is 0 Å². The first-order chi connectivity index (χ1) is 22.9. The van der Waals surface area contributed by atoms with E-state index >= 15 is 0 Å². The third-order valence-electron chi connectivity index (χ3n) is 7.70. The summed E-state index contributed by atoms with van der Waals surface area (Å²) < 4.78 is 13.2. The number of para-hydroxylation sites is 1. The third-order valence-corrected chi connectivity index (χ3v) is 9.53. The van der Waals surface area contributed by atoms with Gasteiger partial charge in [0, 0.05) is 17.7 Å². The summed E-state index contributed by atoms with van der Waals surface area (Å²) in [5.74, 6) is 1.48. The number of rotatable bonds is 12. The first-order valence-corrected chi connectivity index (χ1v) is 16.9. The Labute approximate surface area is 281 Å². The minimum absolute atomic E-state index is 0.0638. The summed E-state index contributed by atoms with van der Waals surface area (Å²) in [5, 5.41) is 20.8. The molecule has 47 heavy (non-hydrogen) atoms. The van der Waals surface area contributed by atoms with Gasteiger partial charge in [-0.2, -0.15) is 5.10 Å². The normalized spacial score (nSPS) is 14.1. The number of hydrogen-bond acceptors (Lipinski definition) is 9. The number of amides is 2. The molecule has 5 aromatic rings. The molecule has 6 rings (SSSR count). The molecule has 0 bridgehead atoms. The maximum atomic E-state index is 14.0. The number of methoxy groups -OCH3 is 2. The Morgan fingerprint density at radius 3 is 2.55 bits per heavy atom. The molecule has 3 aromatic carbocycles. The van der Waals surface area contributed by atoms with Crippen molar-refractivity contribution < 1.29 is 19.1 Å². The predicted molar refractivity (Wildman–Crippen MR) is 183 cm³/mol. The highest BCUT2D eigenvalue weighted by Gasteiger charge is 2.36. The Hall–Kier alpha value is -4.94. The lowest BCUT2D eigenvalue weighted by molar-refractivity contribution is -0.130. The predicted octanol–water partition coefficient (Wildman–Crippen LogP) is 5.98. The number of aromatic nitrogens is 3. The number of thiophene rings is 1. The molecule has 12 heteroatoms. The van der Waals surface area contributed by atoms with E-state index in [0.29, 0.717) is 28.9 Å². The molecule has 1 atom stereocenters. The van der Waals surface area contributed by atoms with E-state index in [1.165, 1.54) is 11.8 Å². The SMILES string of the molecule is COc1cccc(C2CC(c3cccs3)=NN2C(=O)CSc2nnc(CNC(=O)Cc3ccccc3)n2-c2cccc(C)c2)c1OC. The summed E-state index contributed by atoms with van der Waals surface area (Å²) in [6.45, 7) is 2.19. The van der Waals surface area contributed by atoms with Crippen LogP contribution in [0.4, 0.5) is 0 Å². The Kier molecular flexibility index (Phi) is 9.98. The van der Waals surface area contributed by atoms with Gasteiger partial charge < -0.3 is 14.8 Å². The third kappa shape index (κ3) is 7.23. The number of carbonyl (C=O) groups excluding carboxylic acids is 2. The molecule has 0 aliphatic carbocycles. The second-order valence-corrected chi connectivity index (χ2v) is 12.8. The zero-order chi connectivity index (χ0) is 32.8. The average Bonchev–Trinajstić information content (AvgIpc) is 3.86. The smallest absolute Gasteiger partial charge is 0.253 e. The van der Waals surface area contributed by atoms with Crippen molar-refractivity contribution in [2.24, 2.45) is 5.10 Å². The quantitative estimate of drug-likeness (QED) is 0.163. The van der Waals surface area contributed by atoms with Gasteiger partial charge in [-0.15, -0.1) is 21.5 Å². The van der Waals surface area contributed by atoms with E-state index in [4.69, 9.17) is 14.6 Å². The van der Waals surface area contributed by atoms with E-state index < -0.39 is 0 Å². The van der Waals surface area contributed by atoms with Crippen LogP contribution >= 0.6 is 23.1 Å². The van der Waals surface area contributed by atoms with Crippen LogP contribution in [-0.2, 0) is 22.6 Å². The van der Waals surface area contributed by atoms with Crippen LogP contribution < -0.4 is 14.8 Å². The van der Waals surface area contributed by atoms with Crippen LogP contribution in [0.5, 0.6) is 11.5 Å². The first kappa shape index (κ1) is 32.0. The standard InChI is InChI=1S/C35H34N6O4S2/c1-23-10-7-13-25(18-23)40-31(21-36-32(42)19-24-11-5-4-6-12-24)37-38-35(40)47-22-33(43)41-28(20-27(39-41)30-16-9-17-46-30)26-14-8-15-29(44-2)34(26)45-3/h4-18,28H,19-22H2,1-3H3,(H,36,42). The van der Waals surface area contributed by atoms with E-state index in [1.54, 1.807) is 30.6 Å². The molecule has 1 unspecified atom stereocenters. The first-order valence-electron chi connectivity index (χ1n) is 15.0. The second kappa shape index (κ2) is 14.7. The van der Waals surface area contributed by atoms with Crippen LogP contribution in [-0.4, -0.2) is 57.3 Å². The summed E-state index contributed by atoms with van der Waals surface area (Å²) >= 11 is 2.86. The second-order valence-electron chi connectivity index (χ2n) is 10.9. The molecule has 0 spiro atoms. The molecule has 1 aliphatic rings. The zero-order valence-electron chi connectivity index (χ0n) is 26.3. The maximum absolute atomic E-state index is 14.0. The number of nitrogens with zero attached hydrogens (tertiary/aromatic N) is 5. The van der Waals surface area contributed by atoms with E-state index in [9.17, 15) is 9.59 Å². The number of hydrazone groups is 1. The molecule has 0 saturated carbocycles. The van der Waals surface area contributed by atoms with Crippen molar-refractivity contribution in [2.45, 2.75) is 37.5 Å². The van der Waals surface area contributed by atoms with Gasteiger partial charge in [0.1, 0.15) is 0 Å². The topological polar surface area (TPSA) is 111 Å². The summed E-state index contributed by atoms with van der Waals surface area (Å²) in [5.41, 5.74) is 4.48. The van der Waals surface area contributed by atoms with Gasteiger partial charge in [0.2, 0.25) is 5.91 Å². The lowest BCUT2D eigenvalue weighted by Gasteiger charge is -2.24. The van der Waals surface area contributed by atoms with Gasteiger partial charge in [0.15, 0.2) is 22.5 Å². The fraction of sp³-hybridized carbons (Fsp3) is 0.229. The fourth-order valence-corrected chi connectivity index (χ4v) is 7.04. The van der Waals surface area contributed by atoms with Crippen LogP contribution in [0.3, 0.4) is 0 Å². The van der Waals surface area contributed by atoms with E-state index in [-0.39, 0.29) is 36.6 Å². The van der Waals surface area contributed by atoms with Crippen molar-refractivity contribution in [2.75, 3.05) is 20.0 Å². The Bertz CT molecular complexity index is 1890. The highest BCUT2D eigenvalue weighted by atomic mass is 32.2. The molecular weight excluding hydrogens is 633 g/mol. The highest BCUT2D eigenvalue weighted by Crippen LogP contribution is 2.42. The lowest BCUT2D eigenvalue weighted by Crippen LogP contribution is -2.29. The summed E-state index contributed by atoms with van der Waals surface area (Å²) in [6.07, 6.45) is 0.797. The molecule has 1 N–H and O–H groups in total. The minimum atomic E-state index is -0.379. The zero-order valence-corrected chi connectivity index (χ0v) is 27.9. The van der Waals surface area contributed by atoms with Gasteiger partial charge in [0.05, 0.1) is 49.6 Å². The molecule has 10 nitrogen and oxygen atoms in total. The van der Waals surface area contributed by atoms with Crippen molar-refractivity contribution in [3.05, 3.63) is 118 Å². The summed E-state index contributed by atoms with van der Waals surface area (Å²) in [4.78, 5) is 27.7. The van der Waals surface area contributed by atoms with Gasteiger partial charge in [-0.25, -0.2) is 5.01 Å². The Balaban J connectivity index is 1.24. The fourth-order valence-electron chi connectivity index (χ4n) is 5.50. The van der Waals surface area contributed by atoms with Crippen LogP contribution in [0.1, 0.15) is 39.9 Å². The van der Waals surface area contributed by atoms with Crippen LogP contribution in [0.15, 0.2) is 101 Å². The Morgan fingerprint density at radius 2 is 1.81 bits per heavy atom. The highest BCUT2D eigenvalue weighted by molar-refractivity contribution is 7.99. The maximum Gasteiger partial charge on any atom is 0.253 e. The van der Waals surface area contributed by atoms with Crippen LogP contribution in [0.25, 0.3) is 5.69 Å². The van der Waals surface area contributed by atoms with Gasteiger partial charge in [-0.05, 0) is 47.7 Å². The van der Waals surface area contributed by atoms with Crippen molar-refractivity contribution in [3.8, 4) is 17.2 Å². The van der Waals surface area contributed by atoms with E-state index in [0.717, 1.165) is 33.0 Å². The molecule has 0 saturated heterocycles. The molecule has 1 aliphatic heterocycles. The largest absolute Gasteiger partial charge is 0.493 e. The number of nitrogens with one attached hydrogen (secondary N) is 1. The summed E-state index contributed by atoms with van der Waals surface area (Å²) in [6, 6.07) is 26.8. The molecule has 2 aromatic heterocycles.